The molecular weight excluding hydrogens is 556 g/mol. The summed E-state index contributed by atoms with van der Waals surface area (Å²) < 4.78 is 10.5. The Morgan fingerprint density at radius 3 is 2.44 bits per heavy atom. The fourth-order valence-corrected chi connectivity index (χ4v) is 7.45. The van der Waals surface area contributed by atoms with Crippen LogP contribution in [0.1, 0.15) is 23.1 Å². The number of Topliss-reactive ketones (excluding diaryl/α,β-unsaturated/α-hetero) is 1. The molecule has 5 atom stereocenters. The molecule has 12 nitrogen and oxygen atoms in total. The van der Waals surface area contributed by atoms with E-state index in [-0.39, 0.29) is 29.7 Å². The second-order valence-corrected chi connectivity index (χ2v) is 12.2. The number of hydrogen-bond donors (Lipinski definition) is 6. The summed E-state index contributed by atoms with van der Waals surface area (Å²) in [6.45, 7) is 1.89. The highest BCUT2D eigenvalue weighted by molar-refractivity contribution is 6.10. The monoisotopic (exact) mass is 596 g/mol. The molecule has 1 saturated carbocycles. The molecule has 1 fully saturated rings. The fraction of sp³-hybridized carbons (Fsp3) is 0.484. The lowest BCUT2D eigenvalue weighted by molar-refractivity contribution is -0.219. The van der Waals surface area contributed by atoms with Crippen LogP contribution < -0.4 is 11.5 Å². The van der Waals surface area contributed by atoms with Crippen molar-refractivity contribution in [3.05, 3.63) is 57.9 Å². The summed E-state index contributed by atoms with van der Waals surface area (Å²) in [5.74, 6) is -7.91. The molecule has 43 heavy (non-hydrogen) atoms. The molecule has 0 saturated heterocycles. The van der Waals surface area contributed by atoms with Crippen LogP contribution in [-0.2, 0) is 32.0 Å². The Bertz CT molecular complexity index is 1570. The first kappa shape index (κ1) is 30.9. The molecule has 3 aliphatic rings. The summed E-state index contributed by atoms with van der Waals surface area (Å²) in [4.78, 5) is 30.5. The van der Waals surface area contributed by atoms with Crippen LogP contribution in [0.3, 0.4) is 0 Å². The predicted octanol–water partition coefficient (Wildman–Crippen LogP) is 0.928. The number of rotatable bonds is 8. The van der Waals surface area contributed by atoms with E-state index in [9.17, 15) is 30.0 Å². The molecule has 1 amide bonds. The molecular formula is C31H40N4O8. The molecule has 3 aliphatic carbocycles. The number of ether oxygens (including phenoxy) is 2. The van der Waals surface area contributed by atoms with Crippen molar-refractivity contribution in [3.8, 4) is 5.75 Å². The molecule has 12 heteroatoms. The largest absolute Gasteiger partial charge is 0.510 e. The van der Waals surface area contributed by atoms with Crippen molar-refractivity contribution in [2.24, 2.45) is 23.3 Å². The van der Waals surface area contributed by atoms with Crippen molar-refractivity contribution in [2.45, 2.75) is 36.8 Å². The van der Waals surface area contributed by atoms with Crippen LogP contribution >= 0.6 is 0 Å². The first-order valence-corrected chi connectivity index (χ1v) is 14.1. The van der Waals surface area contributed by atoms with E-state index in [1.54, 1.807) is 26.1 Å². The van der Waals surface area contributed by atoms with Crippen LogP contribution in [0.5, 0.6) is 5.75 Å². The van der Waals surface area contributed by atoms with Gasteiger partial charge in [0.2, 0.25) is 5.79 Å². The predicted molar refractivity (Wildman–Crippen MR) is 159 cm³/mol. The van der Waals surface area contributed by atoms with E-state index >= 15 is 0 Å². The van der Waals surface area contributed by atoms with E-state index in [1.807, 2.05) is 31.3 Å². The Morgan fingerprint density at radius 2 is 1.84 bits per heavy atom. The summed E-state index contributed by atoms with van der Waals surface area (Å²) in [5.41, 5.74) is 11.9. The van der Waals surface area contributed by atoms with Gasteiger partial charge in [0.25, 0.3) is 5.91 Å². The number of amides is 1. The van der Waals surface area contributed by atoms with E-state index in [0.717, 1.165) is 18.1 Å². The first-order chi connectivity index (χ1) is 20.2. The third-order valence-electron chi connectivity index (χ3n) is 9.26. The summed E-state index contributed by atoms with van der Waals surface area (Å²) in [6.07, 6.45) is 0.138. The number of ketones is 1. The van der Waals surface area contributed by atoms with Crippen LogP contribution in [0.15, 0.2) is 41.2 Å². The third-order valence-corrected chi connectivity index (χ3v) is 9.26. The number of fused-ring (bicyclic) bond motifs is 4. The topological polar surface area (TPSA) is 192 Å². The minimum absolute atomic E-state index is 0.0401. The van der Waals surface area contributed by atoms with Gasteiger partial charge in [-0.15, -0.1) is 0 Å². The van der Waals surface area contributed by atoms with E-state index in [2.05, 4.69) is 4.90 Å². The highest BCUT2D eigenvalue weighted by Gasteiger charge is 2.65. The quantitative estimate of drug-likeness (QED) is 0.238. The number of aliphatic hydroxyl groups is 3. The smallest absolute Gasteiger partial charge is 0.253 e. The second kappa shape index (κ2) is 10.9. The average molecular weight is 597 g/mol. The highest BCUT2D eigenvalue weighted by atomic mass is 16.6. The highest BCUT2D eigenvalue weighted by Crippen LogP contribution is 2.55. The van der Waals surface area contributed by atoms with Crippen molar-refractivity contribution < 1.29 is 39.5 Å². The minimum atomic E-state index is -2.58. The molecule has 0 spiro atoms. The van der Waals surface area contributed by atoms with Gasteiger partial charge in [-0.1, -0.05) is 18.2 Å². The number of aliphatic hydroxyl groups excluding tert-OH is 2. The molecule has 0 aliphatic heterocycles. The van der Waals surface area contributed by atoms with Crippen LogP contribution in [-0.4, -0.2) is 108 Å². The minimum Gasteiger partial charge on any atom is -0.510 e. The van der Waals surface area contributed by atoms with Crippen molar-refractivity contribution in [1.82, 2.24) is 9.80 Å². The lowest BCUT2D eigenvalue weighted by Gasteiger charge is -2.54. The Labute approximate surface area is 249 Å². The SMILES string of the molecule is COCCN(C)Cc1ccc2cc3c(c(O)c2c1)C(O)=C1C(=O)C2[C@@H](CC1(N)C3)[C@H](N(C)C)C(O)=C(C(N)=O)C2(O)OC. The molecule has 3 unspecified atom stereocenters. The van der Waals surface area contributed by atoms with Gasteiger partial charge in [-0.05, 0) is 62.5 Å². The second-order valence-electron chi connectivity index (χ2n) is 12.2. The molecule has 0 aromatic heterocycles. The van der Waals surface area contributed by atoms with Crippen molar-refractivity contribution in [2.75, 3.05) is 48.5 Å². The Morgan fingerprint density at radius 1 is 1.14 bits per heavy atom. The van der Waals surface area contributed by atoms with E-state index in [1.165, 1.54) is 0 Å². The van der Waals surface area contributed by atoms with Crippen LogP contribution in [0.4, 0.5) is 0 Å². The Hall–Kier alpha value is -3.52. The zero-order valence-electron chi connectivity index (χ0n) is 25.0. The number of primary amides is 1. The summed E-state index contributed by atoms with van der Waals surface area (Å²) in [5, 5.41) is 47.3. The third kappa shape index (κ3) is 4.69. The number of phenols is 1. The molecule has 5 rings (SSSR count). The van der Waals surface area contributed by atoms with Crippen molar-refractivity contribution >= 4 is 28.2 Å². The van der Waals surface area contributed by atoms with Gasteiger partial charge in [-0.25, -0.2) is 0 Å². The van der Waals surface area contributed by atoms with Gasteiger partial charge in [0, 0.05) is 32.7 Å². The molecule has 0 radical (unpaired) electrons. The van der Waals surface area contributed by atoms with Crippen LogP contribution in [0.2, 0.25) is 0 Å². The van der Waals surface area contributed by atoms with Gasteiger partial charge < -0.3 is 41.4 Å². The van der Waals surface area contributed by atoms with Gasteiger partial charge in [-0.2, -0.15) is 0 Å². The van der Waals surface area contributed by atoms with Crippen molar-refractivity contribution in [3.63, 3.8) is 0 Å². The Kier molecular flexibility index (Phi) is 7.83. The molecule has 0 heterocycles. The molecule has 2 aromatic rings. The lowest BCUT2D eigenvalue weighted by Crippen LogP contribution is -2.68. The van der Waals surface area contributed by atoms with Gasteiger partial charge >= 0.3 is 0 Å². The van der Waals surface area contributed by atoms with Gasteiger partial charge in [-0.3, -0.25) is 19.4 Å². The zero-order valence-corrected chi connectivity index (χ0v) is 25.0. The maximum Gasteiger partial charge on any atom is 0.253 e. The number of carbonyl (C=O) groups is 2. The number of methoxy groups -OCH3 is 2. The van der Waals surface area contributed by atoms with Gasteiger partial charge in [0.05, 0.1) is 35.2 Å². The average Bonchev–Trinajstić information content (AvgIpc) is 2.91. The van der Waals surface area contributed by atoms with Gasteiger partial charge in [0.1, 0.15) is 22.8 Å². The van der Waals surface area contributed by atoms with Crippen LogP contribution in [0, 0.1) is 11.8 Å². The first-order valence-electron chi connectivity index (χ1n) is 14.1. The number of aromatic hydroxyl groups is 1. The number of nitrogens with two attached hydrogens (primary N) is 2. The number of likely N-dealkylation sites (N-methyl/N-ethyl adjacent to an activating group) is 2. The molecule has 0 bridgehead atoms. The Balaban J connectivity index is 1.66. The number of carbonyl (C=O) groups excluding carboxylic acids is 2. The number of phenolic OH excluding ortho intramolecular Hbond substituents is 1. The number of hydrogen-bond acceptors (Lipinski definition) is 11. The standard InChI is InChI=1S/C31H40N4O8/c1-34(2)24-19-13-30(33)12-17-11-16-7-6-15(14-35(3)8-9-42-4)10-18(16)25(36)20(17)26(37)22(30)27(38)21(19)31(41,43-5)23(28(24)39)29(32)40/h6-7,10-11,19,21,24,36-37,39,41H,8-9,12-14,33H2,1-5H3,(H2,32,40)/t19-,21?,24+,30?,31?/m1/s1. The summed E-state index contributed by atoms with van der Waals surface area (Å²) >= 11 is 0. The zero-order chi connectivity index (χ0) is 31.6. The maximum atomic E-state index is 14.4. The molecule has 232 valence electrons. The molecule has 2 aromatic carbocycles. The number of benzene rings is 2. The van der Waals surface area contributed by atoms with E-state index in [4.69, 9.17) is 20.9 Å². The van der Waals surface area contributed by atoms with Gasteiger partial charge in [0.15, 0.2) is 5.78 Å². The van der Waals surface area contributed by atoms with E-state index < -0.39 is 58.0 Å². The van der Waals surface area contributed by atoms with Crippen LogP contribution in [0.25, 0.3) is 16.5 Å². The van der Waals surface area contributed by atoms with Crippen molar-refractivity contribution in [1.29, 1.82) is 0 Å². The molecule has 8 N–H and O–H groups in total. The van der Waals surface area contributed by atoms with E-state index in [0.29, 0.717) is 30.6 Å². The summed E-state index contributed by atoms with van der Waals surface area (Å²) in [7, 11) is 8.03. The lowest BCUT2D eigenvalue weighted by atomic mass is 9.55. The maximum absolute atomic E-state index is 14.4. The fourth-order valence-electron chi connectivity index (χ4n) is 7.45. The summed E-state index contributed by atoms with van der Waals surface area (Å²) in [6, 6.07) is 6.65. The number of nitrogens with zero attached hydrogens (tertiary/aromatic N) is 2. The normalized spacial score (nSPS) is 28.9.